The largest absolute Gasteiger partial charge is 0.425 e. The molecule has 4 aromatic rings. The minimum atomic E-state index is -0.453. The fourth-order valence-corrected chi connectivity index (χ4v) is 3.44. The highest BCUT2D eigenvalue weighted by atomic mass is 16.5. The van der Waals surface area contributed by atoms with Gasteiger partial charge in [0.05, 0.1) is 11.1 Å². The van der Waals surface area contributed by atoms with Crippen LogP contribution >= 0.6 is 0 Å². The highest BCUT2D eigenvalue weighted by molar-refractivity contribution is 5.81. The van der Waals surface area contributed by atoms with Crippen molar-refractivity contribution in [2.75, 3.05) is 0 Å². The Morgan fingerprint density at radius 3 is 2.21 bits per heavy atom. The zero-order chi connectivity index (χ0) is 19.5. The van der Waals surface area contributed by atoms with E-state index >= 15 is 0 Å². The van der Waals surface area contributed by atoms with Crippen molar-refractivity contribution in [2.45, 2.75) is 13.3 Å². The maximum Gasteiger partial charge on any atom is 0.308 e. The Bertz CT molecular complexity index is 1200. The number of hydrogen-bond acceptors (Lipinski definition) is 3. The highest BCUT2D eigenvalue weighted by Gasteiger charge is 2.22. The van der Waals surface area contributed by atoms with Crippen LogP contribution in [0.25, 0.3) is 16.6 Å². The number of benzene rings is 2. The molecule has 0 aliphatic heterocycles. The van der Waals surface area contributed by atoms with Gasteiger partial charge in [0.25, 0.3) is 5.56 Å². The van der Waals surface area contributed by atoms with E-state index in [1.807, 2.05) is 78.9 Å². The molecule has 0 unspecified atom stereocenters. The maximum absolute atomic E-state index is 13.3. The molecule has 138 valence electrons. The number of esters is 1. The average Bonchev–Trinajstić information content (AvgIpc) is 2.72. The highest BCUT2D eigenvalue weighted by Crippen LogP contribution is 2.34. The summed E-state index contributed by atoms with van der Waals surface area (Å²) >= 11 is 0. The second-order valence-electron chi connectivity index (χ2n) is 6.57. The lowest BCUT2D eigenvalue weighted by molar-refractivity contribution is -0.131. The molecule has 0 aliphatic carbocycles. The van der Waals surface area contributed by atoms with E-state index in [4.69, 9.17) is 4.74 Å². The Kier molecular flexibility index (Phi) is 4.77. The summed E-state index contributed by atoms with van der Waals surface area (Å²) in [6, 6.07) is 24.8. The molecule has 2 aromatic carbocycles. The van der Waals surface area contributed by atoms with E-state index < -0.39 is 5.97 Å². The number of carbonyl (C=O) groups excluding carboxylic acids is 1. The molecule has 0 aliphatic rings. The van der Waals surface area contributed by atoms with E-state index in [0.29, 0.717) is 17.7 Å². The van der Waals surface area contributed by atoms with E-state index in [0.717, 1.165) is 22.2 Å². The van der Waals surface area contributed by atoms with Crippen molar-refractivity contribution in [1.82, 2.24) is 4.40 Å². The zero-order valence-corrected chi connectivity index (χ0v) is 15.5. The molecule has 0 radical (unpaired) electrons. The van der Waals surface area contributed by atoms with E-state index in [9.17, 15) is 9.59 Å². The van der Waals surface area contributed by atoms with Crippen molar-refractivity contribution in [1.29, 1.82) is 0 Å². The third kappa shape index (κ3) is 3.32. The molecule has 28 heavy (non-hydrogen) atoms. The summed E-state index contributed by atoms with van der Waals surface area (Å²) in [6.07, 6.45) is 2.28. The first-order valence-corrected chi connectivity index (χ1v) is 9.09. The van der Waals surface area contributed by atoms with Gasteiger partial charge in [-0.25, -0.2) is 0 Å². The van der Waals surface area contributed by atoms with Crippen LogP contribution in [-0.4, -0.2) is 10.4 Å². The standard InChI is InChI=1S/C24H19NO3/c1-17(26)28-23-20(16-18-10-4-2-5-11-18)21-14-8-9-15-25(21)24(27)22(23)19-12-6-3-7-13-19/h2-15H,16H2,1H3. The van der Waals surface area contributed by atoms with Crippen molar-refractivity contribution in [3.63, 3.8) is 0 Å². The van der Waals surface area contributed by atoms with Gasteiger partial charge in [0, 0.05) is 25.1 Å². The monoisotopic (exact) mass is 369 g/mol. The lowest BCUT2D eigenvalue weighted by Gasteiger charge is -2.17. The zero-order valence-electron chi connectivity index (χ0n) is 15.5. The molecule has 0 fully saturated rings. The van der Waals surface area contributed by atoms with Gasteiger partial charge in [-0.2, -0.15) is 0 Å². The molecule has 4 heteroatoms. The van der Waals surface area contributed by atoms with E-state index in [-0.39, 0.29) is 5.56 Å². The van der Waals surface area contributed by atoms with Gasteiger partial charge in [0.2, 0.25) is 0 Å². The molecule has 0 bridgehead atoms. The molecular weight excluding hydrogens is 350 g/mol. The van der Waals surface area contributed by atoms with Crippen LogP contribution in [0, 0.1) is 0 Å². The van der Waals surface area contributed by atoms with Gasteiger partial charge in [0.1, 0.15) is 5.75 Å². The van der Waals surface area contributed by atoms with Crippen LogP contribution in [0.1, 0.15) is 18.1 Å². The predicted octanol–water partition coefficient (Wildman–Crippen LogP) is 4.48. The Morgan fingerprint density at radius 1 is 0.893 bits per heavy atom. The van der Waals surface area contributed by atoms with E-state index in [1.54, 1.807) is 10.6 Å². The number of fused-ring (bicyclic) bond motifs is 1. The van der Waals surface area contributed by atoms with Gasteiger partial charge in [0.15, 0.2) is 0 Å². The van der Waals surface area contributed by atoms with Gasteiger partial charge in [-0.15, -0.1) is 0 Å². The Hall–Kier alpha value is -3.66. The van der Waals surface area contributed by atoms with Crippen LogP contribution in [0.4, 0.5) is 0 Å². The summed E-state index contributed by atoms with van der Waals surface area (Å²) in [7, 11) is 0. The first kappa shape index (κ1) is 17.7. The average molecular weight is 369 g/mol. The minimum absolute atomic E-state index is 0.213. The fraction of sp³-hybridized carbons (Fsp3) is 0.0833. The van der Waals surface area contributed by atoms with E-state index in [2.05, 4.69) is 0 Å². The molecule has 0 saturated heterocycles. The first-order chi connectivity index (χ1) is 13.6. The number of rotatable bonds is 4. The summed E-state index contributed by atoms with van der Waals surface area (Å²) in [4.78, 5) is 25.2. The Morgan fingerprint density at radius 2 is 1.54 bits per heavy atom. The molecule has 0 atom stereocenters. The number of nitrogens with zero attached hydrogens (tertiary/aromatic N) is 1. The summed E-state index contributed by atoms with van der Waals surface area (Å²) in [6.45, 7) is 1.36. The van der Waals surface area contributed by atoms with Crippen molar-refractivity contribution in [3.8, 4) is 16.9 Å². The van der Waals surface area contributed by atoms with Crippen LogP contribution in [0.2, 0.25) is 0 Å². The summed E-state index contributed by atoms with van der Waals surface area (Å²) in [5.41, 5.74) is 3.50. The van der Waals surface area contributed by atoms with Crippen LogP contribution in [0.5, 0.6) is 5.75 Å². The lowest BCUT2D eigenvalue weighted by Crippen LogP contribution is -2.20. The van der Waals surface area contributed by atoms with Gasteiger partial charge in [-0.1, -0.05) is 66.7 Å². The van der Waals surface area contributed by atoms with Crippen molar-refractivity contribution < 1.29 is 9.53 Å². The molecule has 2 heterocycles. The molecule has 0 saturated carbocycles. The van der Waals surface area contributed by atoms with E-state index in [1.165, 1.54) is 6.92 Å². The quantitative estimate of drug-likeness (QED) is 0.498. The number of carbonyl (C=O) groups is 1. The summed E-state index contributed by atoms with van der Waals surface area (Å²) < 4.78 is 7.26. The van der Waals surface area contributed by atoms with Crippen molar-refractivity contribution in [2.24, 2.45) is 0 Å². The number of ether oxygens (including phenoxy) is 1. The fourth-order valence-electron chi connectivity index (χ4n) is 3.44. The molecule has 2 aromatic heterocycles. The van der Waals surface area contributed by atoms with Gasteiger partial charge in [-0.3, -0.25) is 14.0 Å². The second-order valence-corrected chi connectivity index (χ2v) is 6.57. The third-order valence-electron chi connectivity index (χ3n) is 4.63. The molecular formula is C24H19NO3. The normalized spacial score (nSPS) is 10.8. The molecule has 0 amide bonds. The smallest absolute Gasteiger partial charge is 0.308 e. The number of pyridine rings is 2. The van der Waals surface area contributed by atoms with Gasteiger partial charge in [-0.05, 0) is 23.3 Å². The third-order valence-corrected chi connectivity index (χ3v) is 4.63. The molecule has 4 nitrogen and oxygen atoms in total. The molecule has 0 N–H and O–H groups in total. The predicted molar refractivity (Wildman–Crippen MR) is 110 cm³/mol. The van der Waals surface area contributed by atoms with Crippen LogP contribution in [0.3, 0.4) is 0 Å². The Labute approximate surface area is 162 Å². The molecule has 4 rings (SSSR count). The lowest BCUT2D eigenvalue weighted by atomic mass is 9.97. The molecule has 0 spiro atoms. The van der Waals surface area contributed by atoms with Crippen molar-refractivity contribution in [3.05, 3.63) is 107 Å². The van der Waals surface area contributed by atoms with Gasteiger partial charge < -0.3 is 4.74 Å². The first-order valence-electron chi connectivity index (χ1n) is 9.09. The van der Waals surface area contributed by atoms with Crippen LogP contribution in [0.15, 0.2) is 89.9 Å². The van der Waals surface area contributed by atoms with Crippen LogP contribution < -0.4 is 10.3 Å². The van der Waals surface area contributed by atoms with Crippen LogP contribution in [-0.2, 0) is 11.2 Å². The van der Waals surface area contributed by atoms with Gasteiger partial charge >= 0.3 is 5.97 Å². The number of aromatic nitrogens is 1. The number of hydrogen-bond donors (Lipinski definition) is 0. The minimum Gasteiger partial charge on any atom is -0.425 e. The Balaban J connectivity index is 2.08. The maximum atomic E-state index is 13.3. The SMILES string of the molecule is CC(=O)Oc1c(-c2ccccc2)c(=O)n2ccccc2c1Cc1ccccc1. The second kappa shape index (κ2) is 7.53. The summed E-state index contributed by atoms with van der Waals surface area (Å²) in [5, 5.41) is 0. The topological polar surface area (TPSA) is 47.8 Å². The summed E-state index contributed by atoms with van der Waals surface area (Å²) in [5.74, 6) is -0.120. The van der Waals surface area contributed by atoms with Crippen molar-refractivity contribution >= 4 is 11.5 Å².